The average Bonchev–Trinajstić information content (AvgIpc) is 2.39. The minimum absolute atomic E-state index is 0.316. The van der Waals surface area contributed by atoms with E-state index in [2.05, 4.69) is 0 Å². The van der Waals surface area contributed by atoms with Gasteiger partial charge in [0, 0.05) is 26.2 Å². The molecule has 0 radical (unpaired) electrons. The lowest BCUT2D eigenvalue weighted by Gasteiger charge is -2.36. The van der Waals surface area contributed by atoms with E-state index < -0.39 is 0 Å². The van der Waals surface area contributed by atoms with E-state index in [-0.39, 0.29) is 11.9 Å². The summed E-state index contributed by atoms with van der Waals surface area (Å²) in [6.45, 7) is 4.24. The van der Waals surface area contributed by atoms with Crippen molar-refractivity contribution < 1.29 is 13.9 Å². The van der Waals surface area contributed by atoms with Gasteiger partial charge in [0.1, 0.15) is 5.82 Å². The van der Waals surface area contributed by atoms with Crippen LogP contribution in [0.1, 0.15) is 6.92 Å². The molecule has 0 atom stereocenters. The molecule has 1 saturated heterocycles. The third-order valence-corrected chi connectivity index (χ3v) is 3.14. The van der Waals surface area contributed by atoms with Crippen molar-refractivity contribution in [1.82, 2.24) is 4.90 Å². The van der Waals surface area contributed by atoms with Crippen molar-refractivity contribution in [3.8, 4) is 0 Å². The van der Waals surface area contributed by atoms with Gasteiger partial charge in [0.15, 0.2) is 0 Å². The molecule has 0 aliphatic carbocycles. The Labute approximate surface area is 111 Å². The quantitative estimate of drug-likeness (QED) is 0.828. The molecule has 1 aromatic rings. The Hall–Kier alpha value is -1.98. The molecule has 2 N–H and O–H groups in total. The topological polar surface area (TPSA) is 58.8 Å². The Balaban J connectivity index is 2.02. The predicted molar refractivity (Wildman–Crippen MR) is 71.6 cm³/mol. The second kappa shape index (κ2) is 5.77. The van der Waals surface area contributed by atoms with Gasteiger partial charge in [-0.1, -0.05) is 6.07 Å². The molecule has 1 amide bonds. The van der Waals surface area contributed by atoms with E-state index in [0.717, 1.165) is 0 Å². The van der Waals surface area contributed by atoms with E-state index in [0.29, 0.717) is 44.2 Å². The summed E-state index contributed by atoms with van der Waals surface area (Å²) in [5.74, 6) is -0.329. The number of nitrogens with two attached hydrogens (primary N) is 1. The van der Waals surface area contributed by atoms with Gasteiger partial charge in [0.25, 0.3) is 0 Å². The molecule has 104 valence electrons. The number of rotatable bonds is 2. The van der Waals surface area contributed by atoms with E-state index >= 15 is 0 Å². The zero-order chi connectivity index (χ0) is 13.8. The van der Waals surface area contributed by atoms with Crippen molar-refractivity contribution in [3.05, 3.63) is 24.0 Å². The SMILES string of the molecule is CCOC(=O)N1CCN(c2c(N)cccc2F)CC1. The van der Waals surface area contributed by atoms with Crippen LogP contribution < -0.4 is 10.6 Å². The van der Waals surface area contributed by atoms with Gasteiger partial charge >= 0.3 is 6.09 Å². The first-order valence-corrected chi connectivity index (χ1v) is 6.34. The fourth-order valence-electron chi connectivity index (χ4n) is 2.19. The second-order valence-electron chi connectivity index (χ2n) is 4.35. The Kier molecular flexibility index (Phi) is 4.09. The van der Waals surface area contributed by atoms with Crippen molar-refractivity contribution in [2.45, 2.75) is 6.92 Å². The molecular weight excluding hydrogens is 249 g/mol. The standard InChI is InChI=1S/C13H18FN3O2/c1-2-19-13(18)17-8-6-16(7-9-17)12-10(14)4-3-5-11(12)15/h3-5H,2,6-9,15H2,1H3. The highest BCUT2D eigenvalue weighted by Crippen LogP contribution is 2.27. The lowest BCUT2D eigenvalue weighted by Crippen LogP contribution is -2.49. The van der Waals surface area contributed by atoms with Gasteiger partial charge in [-0.2, -0.15) is 0 Å². The van der Waals surface area contributed by atoms with Crippen LogP contribution in [0.2, 0.25) is 0 Å². The molecular formula is C13H18FN3O2. The number of anilines is 2. The number of nitrogen functional groups attached to an aromatic ring is 1. The Morgan fingerprint density at radius 2 is 2.05 bits per heavy atom. The first-order valence-electron chi connectivity index (χ1n) is 6.34. The van der Waals surface area contributed by atoms with Crippen LogP contribution in [0.3, 0.4) is 0 Å². The number of carbonyl (C=O) groups is 1. The van der Waals surface area contributed by atoms with Crippen molar-refractivity contribution in [3.63, 3.8) is 0 Å². The number of carbonyl (C=O) groups excluding carboxylic acids is 1. The lowest BCUT2D eigenvalue weighted by molar-refractivity contribution is 0.105. The minimum Gasteiger partial charge on any atom is -0.450 e. The summed E-state index contributed by atoms with van der Waals surface area (Å²) in [4.78, 5) is 15.0. The molecule has 1 fully saturated rings. The van der Waals surface area contributed by atoms with Gasteiger partial charge in [-0.3, -0.25) is 0 Å². The van der Waals surface area contributed by atoms with Gasteiger partial charge in [-0.15, -0.1) is 0 Å². The van der Waals surface area contributed by atoms with Crippen LogP contribution in [-0.2, 0) is 4.74 Å². The molecule has 0 unspecified atom stereocenters. The summed E-state index contributed by atoms with van der Waals surface area (Å²) >= 11 is 0. The zero-order valence-electron chi connectivity index (χ0n) is 10.9. The number of nitrogens with zero attached hydrogens (tertiary/aromatic N) is 2. The summed E-state index contributed by atoms with van der Waals surface area (Å²) in [5.41, 5.74) is 6.65. The van der Waals surface area contributed by atoms with Crippen molar-refractivity contribution in [2.24, 2.45) is 0 Å². The number of piperazine rings is 1. The number of benzene rings is 1. The van der Waals surface area contributed by atoms with Crippen LogP contribution >= 0.6 is 0 Å². The first kappa shape index (κ1) is 13.5. The Morgan fingerprint density at radius 1 is 1.37 bits per heavy atom. The number of ether oxygens (including phenoxy) is 1. The van der Waals surface area contributed by atoms with E-state index in [9.17, 15) is 9.18 Å². The van der Waals surface area contributed by atoms with E-state index in [1.165, 1.54) is 6.07 Å². The fourth-order valence-corrected chi connectivity index (χ4v) is 2.19. The smallest absolute Gasteiger partial charge is 0.409 e. The number of hydrogen-bond acceptors (Lipinski definition) is 4. The minimum atomic E-state index is -0.329. The Bertz CT molecular complexity index is 439. The average molecular weight is 267 g/mol. The summed E-state index contributed by atoms with van der Waals surface area (Å²) in [7, 11) is 0. The third kappa shape index (κ3) is 2.89. The number of halogens is 1. The lowest BCUT2D eigenvalue weighted by atomic mass is 10.2. The van der Waals surface area contributed by atoms with E-state index in [1.807, 2.05) is 4.90 Å². The molecule has 1 aliphatic rings. The fraction of sp³-hybridized carbons (Fsp3) is 0.462. The monoisotopic (exact) mass is 267 g/mol. The van der Waals surface area contributed by atoms with Gasteiger partial charge in [-0.25, -0.2) is 9.18 Å². The number of para-hydroxylation sites is 1. The highest BCUT2D eigenvalue weighted by atomic mass is 19.1. The number of hydrogen-bond donors (Lipinski definition) is 1. The maximum atomic E-state index is 13.8. The van der Waals surface area contributed by atoms with Crippen molar-refractivity contribution in [2.75, 3.05) is 43.4 Å². The summed E-state index contributed by atoms with van der Waals surface area (Å²) in [6.07, 6.45) is -0.316. The molecule has 0 bridgehead atoms. The number of amides is 1. The zero-order valence-corrected chi connectivity index (χ0v) is 10.9. The van der Waals surface area contributed by atoms with Gasteiger partial charge in [0.05, 0.1) is 18.0 Å². The Morgan fingerprint density at radius 3 is 2.63 bits per heavy atom. The van der Waals surface area contributed by atoms with Crippen LogP contribution in [0.5, 0.6) is 0 Å². The van der Waals surface area contributed by atoms with Crippen molar-refractivity contribution in [1.29, 1.82) is 0 Å². The largest absolute Gasteiger partial charge is 0.450 e. The summed E-state index contributed by atoms with van der Waals surface area (Å²) < 4.78 is 18.7. The summed E-state index contributed by atoms with van der Waals surface area (Å²) in [6, 6.07) is 4.66. The molecule has 0 spiro atoms. The van der Waals surface area contributed by atoms with Gasteiger partial charge < -0.3 is 20.3 Å². The molecule has 0 saturated carbocycles. The molecule has 5 nitrogen and oxygen atoms in total. The molecule has 1 aromatic carbocycles. The van der Waals surface area contributed by atoms with Crippen molar-refractivity contribution >= 4 is 17.5 Å². The van der Waals surface area contributed by atoms with Crippen LogP contribution in [0.25, 0.3) is 0 Å². The molecule has 6 heteroatoms. The van der Waals surface area contributed by atoms with E-state index in [4.69, 9.17) is 10.5 Å². The van der Waals surface area contributed by atoms with E-state index in [1.54, 1.807) is 24.0 Å². The second-order valence-corrected chi connectivity index (χ2v) is 4.35. The van der Waals surface area contributed by atoms with Crippen LogP contribution in [0.15, 0.2) is 18.2 Å². The maximum Gasteiger partial charge on any atom is 0.409 e. The molecule has 2 rings (SSSR count). The summed E-state index contributed by atoms with van der Waals surface area (Å²) in [5, 5.41) is 0. The first-order chi connectivity index (χ1) is 9.13. The third-order valence-electron chi connectivity index (χ3n) is 3.14. The molecule has 1 aliphatic heterocycles. The highest BCUT2D eigenvalue weighted by Gasteiger charge is 2.24. The molecule has 19 heavy (non-hydrogen) atoms. The molecule has 0 aromatic heterocycles. The van der Waals surface area contributed by atoms with Crippen LogP contribution in [0.4, 0.5) is 20.6 Å². The normalized spacial score (nSPS) is 15.5. The highest BCUT2D eigenvalue weighted by molar-refractivity contribution is 5.70. The molecule has 1 heterocycles. The van der Waals surface area contributed by atoms with Crippen LogP contribution in [-0.4, -0.2) is 43.8 Å². The van der Waals surface area contributed by atoms with Gasteiger partial charge in [-0.05, 0) is 19.1 Å². The predicted octanol–water partition coefficient (Wildman–Crippen LogP) is 1.69. The maximum absolute atomic E-state index is 13.8. The van der Waals surface area contributed by atoms with Gasteiger partial charge in [0.2, 0.25) is 0 Å². The van der Waals surface area contributed by atoms with Crippen LogP contribution in [0, 0.1) is 5.82 Å².